The molecule has 2 aromatic carbocycles. The minimum absolute atomic E-state index is 0.0341. The summed E-state index contributed by atoms with van der Waals surface area (Å²) in [7, 11) is 0. The second kappa shape index (κ2) is 9.52. The van der Waals surface area contributed by atoms with E-state index in [-0.39, 0.29) is 24.0 Å². The third-order valence-corrected chi connectivity index (χ3v) is 6.33. The van der Waals surface area contributed by atoms with Crippen LogP contribution in [0.1, 0.15) is 65.6 Å². The largest absolute Gasteiger partial charge is 0.361 e. The predicted octanol–water partition coefficient (Wildman–Crippen LogP) is 2.46. The van der Waals surface area contributed by atoms with Gasteiger partial charge in [-0.25, -0.2) is 0 Å². The highest BCUT2D eigenvalue weighted by Gasteiger charge is 2.37. The number of quaternary nitrogens is 1. The maximum atomic E-state index is 12.8. The molecule has 2 heterocycles. The van der Waals surface area contributed by atoms with Crippen molar-refractivity contribution < 1.29 is 14.5 Å². The summed E-state index contributed by atoms with van der Waals surface area (Å²) < 4.78 is 0. The van der Waals surface area contributed by atoms with Gasteiger partial charge in [0.15, 0.2) is 0 Å². The average Bonchev–Trinajstić information content (AvgIpc) is 3.07. The molecule has 2 aliphatic heterocycles. The summed E-state index contributed by atoms with van der Waals surface area (Å²) in [5, 5.41) is 6.53. The zero-order valence-electron chi connectivity index (χ0n) is 18.5. The number of hydrogen-bond donors (Lipinski definition) is 3. The number of hydrogen-bond acceptors (Lipinski definition) is 3. The van der Waals surface area contributed by atoms with Gasteiger partial charge in [0.05, 0.1) is 26.2 Å². The number of likely N-dealkylation sites (tertiary alicyclic amines) is 1. The van der Waals surface area contributed by atoms with Crippen molar-refractivity contribution in [2.24, 2.45) is 0 Å². The van der Waals surface area contributed by atoms with Gasteiger partial charge in [0.2, 0.25) is 0 Å². The van der Waals surface area contributed by atoms with Gasteiger partial charge in [0.25, 0.3) is 11.8 Å². The fourth-order valence-electron chi connectivity index (χ4n) is 4.65. The van der Waals surface area contributed by atoms with Crippen LogP contribution in [0.25, 0.3) is 0 Å². The molecule has 1 atom stereocenters. The minimum Gasteiger partial charge on any atom is -0.361 e. The van der Waals surface area contributed by atoms with E-state index in [1.807, 2.05) is 67.3 Å². The zero-order chi connectivity index (χ0) is 21.8. The first-order valence-corrected chi connectivity index (χ1v) is 11.4. The van der Waals surface area contributed by atoms with Gasteiger partial charge in [-0.05, 0) is 63.4 Å². The normalized spacial score (nSPS) is 18.9. The molecule has 3 N–H and O–H groups in total. The van der Waals surface area contributed by atoms with Crippen molar-refractivity contribution in [1.29, 1.82) is 0 Å². The summed E-state index contributed by atoms with van der Waals surface area (Å²) in [5.74, 6) is 0.0167. The fourth-order valence-corrected chi connectivity index (χ4v) is 4.65. The van der Waals surface area contributed by atoms with Gasteiger partial charge in [-0.3, -0.25) is 9.59 Å². The Bertz CT molecular complexity index is 919. The second-order valence-corrected chi connectivity index (χ2v) is 8.83. The molecule has 0 radical (unpaired) electrons. The van der Waals surface area contributed by atoms with E-state index in [2.05, 4.69) is 10.6 Å². The van der Waals surface area contributed by atoms with Crippen LogP contribution in [0.5, 0.6) is 0 Å². The highest BCUT2D eigenvalue weighted by atomic mass is 16.2. The third kappa shape index (κ3) is 4.74. The molecule has 2 aromatic rings. The molecule has 164 valence electrons. The van der Waals surface area contributed by atoms with Crippen LogP contribution < -0.4 is 15.5 Å². The Balaban J connectivity index is 1.37. The van der Waals surface area contributed by atoms with Gasteiger partial charge < -0.3 is 20.4 Å². The molecule has 0 aliphatic carbocycles. The fraction of sp³-hybridized carbons (Fsp3) is 0.440. The summed E-state index contributed by atoms with van der Waals surface area (Å²) in [6.07, 6.45) is 3.72. The van der Waals surface area contributed by atoms with Crippen molar-refractivity contribution >= 4 is 17.5 Å². The number of carbonyl (C=O) groups is 2. The van der Waals surface area contributed by atoms with Crippen LogP contribution in [0, 0.1) is 0 Å². The zero-order valence-corrected chi connectivity index (χ0v) is 18.5. The maximum absolute atomic E-state index is 12.8. The Labute approximate surface area is 184 Å². The first kappa shape index (κ1) is 21.4. The van der Waals surface area contributed by atoms with Crippen molar-refractivity contribution in [2.45, 2.75) is 45.3 Å². The molecule has 31 heavy (non-hydrogen) atoms. The summed E-state index contributed by atoms with van der Waals surface area (Å²) in [6.45, 7) is 8.19. The molecule has 4 rings (SSSR count). The molecule has 6 nitrogen and oxygen atoms in total. The van der Waals surface area contributed by atoms with Gasteiger partial charge in [-0.1, -0.05) is 18.2 Å². The maximum Gasteiger partial charge on any atom is 0.256 e. The predicted molar refractivity (Wildman–Crippen MR) is 122 cm³/mol. The highest BCUT2D eigenvalue weighted by molar-refractivity contribution is 5.99. The summed E-state index contributed by atoms with van der Waals surface area (Å²) >= 11 is 0. The number of amides is 2. The lowest BCUT2D eigenvalue weighted by Gasteiger charge is -2.30. The second-order valence-electron chi connectivity index (χ2n) is 8.83. The van der Waals surface area contributed by atoms with E-state index in [1.165, 1.54) is 32.4 Å². The van der Waals surface area contributed by atoms with Crippen LogP contribution in [0.15, 0.2) is 48.5 Å². The standard InChI is InChI=1S/C25H32N4O2/c1-18(2)29-23(21-8-4-5-9-22(21)25(29)31)27-20-12-10-19(11-13-20)24(30)26-14-17-28-15-6-3-7-16-28/h4-5,8-13,18,23,27H,3,6-7,14-17H2,1-2H3,(H,26,30)/p+1/t23-/m1/s1. The summed E-state index contributed by atoms with van der Waals surface area (Å²) in [4.78, 5) is 28.8. The summed E-state index contributed by atoms with van der Waals surface area (Å²) in [5.41, 5.74) is 3.28. The van der Waals surface area contributed by atoms with Gasteiger partial charge in [-0.2, -0.15) is 0 Å². The molecular weight excluding hydrogens is 388 g/mol. The molecule has 2 aliphatic rings. The van der Waals surface area contributed by atoms with Crippen LogP contribution in [0.3, 0.4) is 0 Å². The van der Waals surface area contributed by atoms with E-state index in [9.17, 15) is 9.59 Å². The Morgan fingerprint density at radius 3 is 2.48 bits per heavy atom. The molecule has 0 aromatic heterocycles. The van der Waals surface area contributed by atoms with Gasteiger partial charge in [-0.15, -0.1) is 0 Å². The minimum atomic E-state index is -0.212. The van der Waals surface area contributed by atoms with Gasteiger partial charge in [0, 0.05) is 28.4 Å². The molecule has 1 fully saturated rings. The topological polar surface area (TPSA) is 65.9 Å². The van der Waals surface area contributed by atoms with E-state index in [0.717, 1.165) is 23.4 Å². The molecule has 0 bridgehead atoms. The number of rotatable bonds is 7. The van der Waals surface area contributed by atoms with E-state index in [0.29, 0.717) is 12.1 Å². The lowest BCUT2D eigenvalue weighted by molar-refractivity contribution is -0.903. The molecule has 0 spiro atoms. The Kier molecular flexibility index (Phi) is 6.56. The number of carbonyl (C=O) groups excluding carboxylic acids is 2. The number of nitrogens with zero attached hydrogens (tertiary/aromatic N) is 1. The van der Waals surface area contributed by atoms with Crippen molar-refractivity contribution in [3.05, 3.63) is 65.2 Å². The Morgan fingerprint density at radius 2 is 1.77 bits per heavy atom. The summed E-state index contributed by atoms with van der Waals surface area (Å²) in [6, 6.07) is 15.3. The van der Waals surface area contributed by atoms with Crippen LogP contribution in [0.2, 0.25) is 0 Å². The SMILES string of the molecule is CC(C)N1C(=O)c2ccccc2[C@@H]1Nc1ccc(C(=O)NCC[NH+]2CCCCC2)cc1. The monoisotopic (exact) mass is 421 g/mol. The number of nitrogens with one attached hydrogen (secondary N) is 3. The van der Waals surface area contributed by atoms with Crippen LogP contribution in [-0.2, 0) is 0 Å². The average molecular weight is 422 g/mol. The van der Waals surface area contributed by atoms with Crippen molar-refractivity contribution in [1.82, 2.24) is 10.2 Å². The Morgan fingerprint density at radius 1 is 1.06 bits per heavy atom. The molecule has 1 saturated heterocycles. The van der Waals surface area contributed by atoms with E-state index < -0.39 is 0 Å². The first-order chi connectivity index (χ1) is 15.0. The first-order valence-electron chi connectivity index (χ1n) is 11.4. The van der Waals surface area contributed by atoms with E-state index in [1.54, 1.807) is 4.90 Å². The van der Waals surface area contributed by atoms with Crippen LogP contribution in [0.4, 0.5) is 5.69 Å². The number of anilines is 1. The van der Waals surface area contributed by atoms with Gasteiger partial charge in [0.1, 0.15) is 6.17 Å². The van der Waals surface area contributed by atoms with Crippen LogP contribution in [-0.4, -0.2) is 48.9 Å². The number of benzene rings is 2. The lowest BCUT2D eigenvalue weighted by atomic mass is 10.1. The quantitative estimate of drug-likeness (QED) is 0.644. The molecule has 2 amide bonds. The molecule has 0 unspecified atom stereocenters. The van der Waals surface area contributed by atoms with Crippen molar-refractivity contribution in [3.63, 3.8) is 0 Å². The Hall–Kier alpha value is -2.86. The lowest BCUT2D eigenvalue weighted by Crippen LogP contribution is -3.13. The molecule has 0 saturated carbocycles. The third-order valence-electron chi connectivity index (χ3n) is 6.33. The van der Waals surface area contributed by atoms with Crippen LogP contribution >= 0.6 is 0 Å². The molecular formula is C25H33N4O2+. The smallest absolute Gasteiger partial charge is 0.256 e. The number of fused-ring (bicyclic) bond motifs is 1. The highest BCUT2D eigenvalue weighted by Crippen LogP contribution is 2.35. The van der Waals surface area contributed by atoms with E-state index in [4.69, 9.17) is 0 Å². The van der Waals surface area contributed by atoms with E-state index >= 15 is 0 Å². The van der Waals surface area contributed by atoms with Gasteiger partial charge >= 0.3 is 0 Å². The van der Waals surface area contributed by atoms with Crippen molar-refractivity contribution in [2.75, 3.05) is 31.5 Å². The number of piperidine rings is 1. The molecule has 6 heteroatoms. The van der Waals surface area contributed by atoms with Crippen molar-refractivity contribution in [3.8, 4) is 0 Å².